The number of nitrogens with one attached hydrogen (secondary N) is 2. The van der Waals surface area contributed by atoms with Gasteiger partial charge < -0.3 is 15.1 Å². The van der Waals surface area contributed by atoms with Crippen molar-refractivity contribution >= 4 is 34.1 Å². The molecule has 2 N–H and O–H groups in total. The molecule has 6 nitrogen and oxygen atoms in total. The topological polar surface area (TPSA) is 80.0 Å². The van der Waals surface area contributed by atoms with Crippen LogP contribution in [-0.4, -0.2) is 15.9 Å². The zero-order valence-electron chi connectivity index (χ0n) is 13.4. The van der Waals surface area contributed by atoms with Gasteiger partial charge in [-0.05, 0) is 48.5 Å². The number of hydrogen-bond donors (Lipinski definition) is 2. The minimum absolute atomic E-state index is 0.191. The molecule has 2 heterocycles. The van der Waals surface area contributed by atoms with Crippen LogP contribution in [0.4, 0.5) is 21.6 Å². The van der Waals surface area contributed by atoms with E-state index in [1.165, 1.54) is 30.6 Å². The maximum absolute atomic E-state index is 12.9. The lowest BCUT2D eigenvalue weighted by Crippen LogP contribution is -2.14. The van der Waals surface area contributed by atoms with Gasteiger partial charge in [0.1, 0.15) is 29.2 Å². The molecular formula is C19H13FN4O2. The number of furan rings is 1. The van der Waals surface area contributed by atoms with E-state index in [1.54, 1.807) is 12.3 Å². The average molecular weight is 348 g/mol. The highest BCUT2D eigenvalue weighted by molar-refractivity contribution is 6.03. The molecule has 2 aromatic carbocycles. The maximum atomic E-state index is 12.9. The molecule has 0 saturated heterocycles. The SMILES string of the molecule is O=C(Nc1ccc(F)cc1)c1cc(Nc2ccc3occc3c2)ncn1. The molecule has 0 bridgehead atoms. The number of benzene rings is 2. The zero-order valence-corrected chi connectivity index (χ0v) is 13.4. The van der Waals surface area contributed by atoms with Crippen molar-refractivity contribution in [1.82, 2.24) is 9.97 Å². The Hall–Kier alpha value is -3.74. The van der Waals surface area contributed by atoms with Crippen molar-refractivity contribution in [3.8, 4) is 0 Å². The van der Waals surface area contributed by atoms with Crippen LogP contribution in [0.25, 0.3) is 11.0 Å². The Morgan fingerprint density at radius 1 is 0.962 bits per heavy atom. The lowest BCUT2D eigenvalue weighted by Gasteiger charge is -2.08. The standard InChI is InChI=1S/C19H13FN4O2/c20-13-1-3-14(4-2-13)24-19(25)16-10-18(22-11-21-16)23-15-5-6-17-12(9-15)7-8-26-17/h1-11H,(H,24,25)(H,21,22,23). The van der Waals surface area contributed by atoms with Crippen molar-refractivity contribution in [1.29, 1.82) is 0 Å². The summed E-state index contributed by atoms with van der Waals surface area (Å²) in [6.07, 6.45) is 2.93. The normalized spacial score (nSPS) is 10.7. The molecule has 0 aliphatic rings. The Morgan fingerprint density at radius 2 is 1.77 bits per heavy atom. The van der Waals surface area contributed by atoms with Crippen LogP contribution in [-0.2, 0) is 0 Å². The number of carbonyl (C=O) groups is 1. The van der Waals surface area contributed by atoms with Crippen LogP contribution < -0.4 is 10.6 Å². The first-order chi connectivity index (χ1) is 12.7. The van der Waals surface area contributed by atoms with E-state index < -0.39 is 5.91 Å². The Kier molecular flexibility index (Phi) is 4.03. The third kappa shape index (κ3) is 3.36. The number of anilines is 3. The minimum atomic E-state index is -0.410. The fourth-order valence-corrected chi connectivity index (χ4v) is 2.47. The van der Waals surface area contributed by atoms with Crippen LogP contribution in [0.5, 0.6) is 0 Å². The molecule has 26 heavy (non-hydrogen) atoms. The third-order valence-electron chi connectivity index (χ3n) is 3.73. The molecular weight excluding hydrogens is 335 g/mol. The summed E-state index contributed by atoms with van der Waals surface area (Å²) in [4.78, 5) is 20.4. The molecule has 4 rings (SSSR count). The van der Waals surface area contributed by atoms with Crippen molar-refractivity contribution in [2.75, 3.05) is 10.6 Å². The smallest absolute Gasteiger partial charge is 0.274 e. The summed E-state index contributed by atoms with van der Waals surface area (Å²) in [7, 11) is 0. The fourth-order valence-electron chi connectivity index (χ4n) is 2.47. The van der Waals surface area contributed by atoms with E-state index in [2.05, 4.69) is 20.6 Å². The molecule has 0 spiro atoms. The third-order valence-corrected chi connectivity index (χ3v) is 3.73. The number of rotatable bonds is 4. The van der Waals surface area contributed by atoms with Gasteiger partial charge in [-0.15, -0.1) is 0 Å². The Balaban J connectivity index is 1.51. The van der Waals surface area contributed by atoms with Crippen LogP contribution in [0.1, 0.15) is 10.5 Å². The molecule has 2 aromatic heterocycles. The highest BCUT2D eigenvalue weighted by Gasteiger charge is 2.10. The second kappa shape index (κ2) is 6.64. The molecule has 0 fully saturated rings. The van der Waals surface area contributed by atoms with Crippen LogP contribution in [0.2, 0.25) is 0 Å². The number of hydrogen-bond acceptors (Lipinski definition) is 5. The van der Waals surface area contributed by atoms with E-state index >= 15 is 0 Å². The van der Waals surface area contributed by atoms with Gasteiger partial charge in [0.25, 0.3) is 5.91 Å². The van der Waals surface area contributed by atoms with E-state index in [4.69, 9.17) is 4.42 Å². The van der Waals surface area contributed by atoms with E-state index in [0.29, 0.717) is 11.5 Å². The first kappa shape index (κ1) is 15.8. The highest BCUT2D eigenvalue weighted by Crippen LogP contribution is 2.22. The first-order valence-electron chi connectivity index (χ1n) is 7.81. The molecule has 4 aromatic rings. The molecule has 128 valence electrons. The zero-order chi connectivity index (χ0) is 17.9. The maximum Gasteiger partial charge on any atom is 0.274 e. The molecule has 0 saturated carbocycles. The number of fused-ring (bicyclic) bond motifs is 1. The summed E-state index contributed by atoms with van der Waals surface area (Å²) in [5.41, 5.74) is 2.27. The summed E-state index contributed by atoms with van der Waals surface area (Å²) >= 11 is 0. The average Bonchev–Trinajstić information content (AvgIpc) is 3.12. The largest absolute Gasteiger partial charge is 0.464 e. The highest BCUT2D eigenvalue weighted by atomic mass is 19.1. The molecule has 0 aliphatic heterocycles. The molecule has 0 atom stereocenters. The predicted molar refractivity (Wildman–Crippen MR) is 95.9 cm³/mol. The number of carbonyl (C=O) groups excluding carboxylic acids is 1. The number of amides is 1. The second-order valence-corrected chi connectivity index (χ2v) is 5.55. The Labute approximate surface area is 147 Å². The molecule has 0 radical (unpaired) electrons. The van der Waals surface area contributed by atoms with Crippen molar-refractivity contribution in [3.63, 3.8) is 0 Å². The lowest BCUT2D eigenvalue weighted by atomic mass is 10.2. The van der Waals surface area contributed by atoms with Crippen LogP contribution >= 0.6 is 0 Å². The van der Waals surface area contributed by atoms with Gasteiger partial charge in [0.15, 0.2) is 0 Å². The number of halogens is 1. The molecule has 0 aliphatic carbocycles. The van der Waals surface area contributed by atoms with E-state index in [0.717, 1.165) is 16.7 Å². The second-order valence-electron chi connectivity index (χ2n) is 5.55. The number of aromatic nitrogens is 2. The minimum Gasteiger partial charge on any atom is -0.464 e. The summed E-state index contributed by atoms with van der Waals surface area (Å²) in [6, 6.07) is 14.5. The number of nitrogens with zero attached hydrogens (tertiary/aromatic N) is 2. The summed E-state index contributed by atoms with van der Waals surface area (Å²) in [5.74, 6) is -0.300. The van der Waals surface area contributed by atoms with Crippen LogP contribution in [0.15, 0.2) is 71.6 Å². The van der Waals surface area contributed by atoms with Crippen molar-refractivity contribution in [2.24, 2.45) is 0 Å². The van der Waals surface area contributed by atoms with Gasteiger partial charge in [-0.25, -0.2) is 14.4 Å². The van der Waals surface area contributed by atoms with E-state index in [9.17, 15) is 9.18 Å². The molecule has 1 amide bonds. The van der Waals surface area contributed by atoms with Gasteiger partial charge >= 0.3 is 0 Å². The quantitative estimate of drug-likeness (QED) is 0.573. The van der Waals surface area contributed by atoms with Crippen molar-refractivity contribution in [2.45, 2.75) is 0 Å². The van der Waals surface area contributed by atoms with Gasteiger partial charge in [0, 0.05) is 22.8 Å². The summed E-state index contributed by atoms with van der Waals surface area (Å²) in [6.45, 7) is 0. The van der Waals surface area contributed by atoms with E-state index in [-0.39, 0.29) is 11.5 Å². The van der Waals surface area contributed by atoms with Crippen LogP contribution in [0.3, 0.4) is 0 Å². The molecule has 0 unspecified atom stereocenters. The van der Waals surface area contributed by atoms with Crippen LogP contribution in [0, 0.1) is 5.82 Å². The molecule has 7 heteroatoms. The first-order valence-corrected chi connectivity index (χ1v) is 7.81. The monoisotopic (exact) mass is 348 g/mol. The Morgan fingerprint density at radius 3 is 2.62 bits per heavy atom. The Bertz CT molecular complexity index is 1080. The van der Waals surface area contributed by atoms with Crippen molar-refractivity contribution in [3.05, 3.63) is 78.7 Å². The van der Waals surface area contributed by atoms with Crippen molar-refractivity contribution < 1.29 is 13.6 Å². The van der Waals surface area contributed by atoms with E-state index in [1.807, 2.05) is 24.3 Å². The fraction of sp³-hybridized carbons (Fsp3) is 0. The van der Waals surface area contributed by atoms with Gasteiger partial charge in [-0.1, -0.05) is 0 Å². The predicted octanol–water partition coefficient (Wildman–Crippen LogP) is 4.36. The van der Waals surface area contributed by atoms with Gasteiger partial charge in [0.05, 0.1) is 6.26 Å². The van der Waals surface area contributed by atoms with Gasteiger partial charge in [-0.3, -0.25) is 4.79 Å². The lowest BCUT2D eigenvalue weighted by molar-refractivity contribution is 0.102. The summed E-state index contributed by atoms with van der Waals surface area (Å²) in [5, 5.41) is 6.75. The van der Waals surface area contributed by atoms with Gasteiger partial charge in [-0.2, -0.15) is 0 Å². The van der Waals surface area contributed by atoms with Gasteiger partial charge in [0.2, 0.25) is 0 Å². The summed E-state index contributed by atoms with van der Waals surface area (Å²) < 4.78 is 18.2.